The van der Waals surface area contributed by atoms with Crippen LogP contribution in [0.5, 0.6) is 0 Å². The van der Waals surface area contributed by atoms with Crippen LogP contribution in [0.25, 0.3) is 0 Å². The van der Waals surface area contributed by atoms with Crippen molar-refractivity contribution >= 4 is 34.2 Å². The van der Waals surface area contributed by atoms with E-state index in [1.54, 1.807) is 0 Å². The topological polar surface area (TPSA) is 41.1 Å². The highest BCUT2D eigenvalue weighted by Gasteiger charge is 2.32. The van der Waals surface area contributed by atoms with Gasteiger partial charge >= 0.3 is 0 Å². The van der Waals surface area contributed by atoms with E-state index >= 15 is 0 Å². The van der Waals surface area contributed by atoms with Crippen molar-refractivity contribution in [3.05, 3.63) is 33.8 Å². The standard InChI is InChI=1S/C15H19BrF2N2O.ClH/c1-15(2)4-3-5-19-12(15)8-20-14(21)13-10(17)6-9(16)7-11(13)18;/h6-7,12,19H,3-5,8H2,1-2H3,(H,20,21);1H. The molecule has 1 aromatic rings. The molecule has 0 saturated carbocycles. The summed E-state index contributed by atoms with van der Waals surface area (Å²) >= 11 is 2.99. The second kappa shape index (κ2) is 7.70. The third-order valence-corrected chi connectivity index (χ3v) is 4.49. The molecule has 1 unspecified atom stereocenters. The van der Waals surface area contributed by atoms with Gasteiger partial charge in [-0.25, -0.2) is 8.78 Å². The van der Waals surface area contributed by atoms with Gasteiger partial charge in [-0.2, -0.15) is 0 Å². The van der Waals surface area contributed by atoms with Crippen LogP contribution in [-0.4, -0.2) is 25.0 Å². The number of amides is 1. The smallest absolute Gasteiger partial charge is 0.257 e. The van der Waals surface area contributed by atoms with Crippen LogP contribution in [0.3, 0.4) is 0 Å². The van der Waals surface area contributed by atoms with E-state index in [1.165, 1.54) is 0 Å². The van der Waals surface area contributed by atoms with Crippen LogP contribution >= 0.6 is 28.3 Å². The molecule has 3 nitrogen and oxygen atoms in total. The van der Waals surface area contributed by atoms with Gasteiger partial charge in [0.15, 0.2) is 0 Å². The first-order chi connectivity index (χ1) is 9.81. The average molecular weight is 398 g/mol. The maximum atomic E-state index is 13.7. The second-order valence-corrected chi connectivity index (χ2v) is 6.97. The van der Waals surface area contributed by atoms with Gasteiger partial charge in [0.05, 0.1) is 0 Å². The fraction of sp³-hybridized carbons (Fsp3) is 0.533. The molecule has 0 aliphatic carbocycles. The maximum absolute atomic E-state index is 13.7. The van der Waals surface area contributed by atoms with Crippen molar-refractivity contribution in [2.75, 3.05) is 13.1 Å². The maximum Gasteiger partial charge on any atom is 0.257 e. The molecule has 2 N–H and O–H groups in total. The average Bonchev–Trinajstić information content (AvgIpc) is 2.35. The Morgan fingerprint density at radius 1 is 1.41 bits per heavy atom. The zero-order valence-corrected chi connectivity index (χ0v) is 14.9. The molecule has 1 fully saturated rings. The molecule has 1 heterocycles. The largest absolute Gasteiger partial charge is 0.350 e. The van der Waals surface area contributed by atoms with Gasteiger partial charge in [-0.05, 0) is 36.9 Å². The first kappa shape index (κ1) is 19.3. The predicted molar refractivity (Wildman–Crippen MR) is 88.4 cm³/mol. The third-order valence-electron chi connectivity index (χ3n) is 4.03. The second-order valence-electron chi connectivity index (χ2n) is 6.05. The molecule has 0 radical (unpaired) electrons. The lowest BCUT2D eigenvalue weighted by molar-refractivity contribution is 0.0920. The highest BCUT2D eigenvalue weighted by molar-refractivity contribution is 9.10. The Balaban J connectivity index is 0.00000242. The summed E-state index contributed by atoms with van der Waals surface area (Å²) in [5.41, 5.74) is -0.491. The minimum absolute atomic E-state index is 0. The lowest BCUT2D eigenvalue weighted by Crippen LogP contribution is -2.52. The molecule has 124 valence electrons. The van der Waals surface area contributed by atoms with E-state index in [0.717, 1.165) is 31.5 Å². The molecule has 1 aliphatic heterocycles. The van der Waals surface area contributed by atoms with Crippen molar-refractivity contribution in [3.63, 3.8) is 0 Å². The van der Waals surface area contributed by atoms with Gasteiger partial charge in [0.25, 0.3) is 5.91 Å². The van der Waals surface area contributed by atoms with Crippen molar-refractivity contribution in [2.24, 2.45) is 5.41 Å². The Morgan fingerprint density at radius 2 is 2.00 bits per heavy atom. The SMILES string of the molecule is CC1(C)CCCNC1CNC(=O)c1c(F)cc(Br)cc1F.Cl. The van der Waals surface area contributed by atoms with Crippen molar-refractivity contribution in [2.45, 2.75) is 32.7 Å². The lowest BCUT2D eigenvalue weighted by atomic mass is 9.77. The molecule has 2 rings (SSSR count). The van der Waals surface area contributed by atoms with Crippen molar-refractivity contribution in [1.82, 2.24) is 10.6 Å². The van der Waals surface area contributed by atoms with Gasteiger partial charge in [0, 0.05) is 17.1 Å². The number of carbonyl (C=O) groups excluding carboxylic acids is 1. The normalized spacial score (nSPS) is 20.1. The van der Waals surface area contributed by atoms with E-state index in [1.807, 2.05) is 0 Å². The summed E-state index contributed by atoms with van der Waals surface area (Å²) in [4.78, 5) is 12.0. The zero-order chi connectivity index (χ0) is 15.6. The molecule has 0 bridgehead atoms. The summed E-state index contributed by atoms with van der Waals surface area (Å²) in [6.07, 6.45) is 2.15. The summed E-state index contributed by atoms with van der Waals surface area (Å²) < 4.78 is 27.7. The van der Waals surface area contributed by atoms with Crippen molar-refractivity contribution < 1.29 is 13.6 Å². The lowest BCUT2D eigenvalue weighted by Gasteiger charge is -2.39. The zero-order valence-electron chi connectivity index (χ0n) is 12.5. The molecular weight excluding hydrogens is 378 g/mol. The Hall–Kier alpha value is -0.720. The van der Waals surface area contributed by atoms with E-state index in [-0.39, 0.29) is 28.3 Å². The predicted octanol–water partition coefficient (Wildman–Crippen LogP) is 3.66. The fourth-order valence-corrected chi connectivity index (χ4v) is 3.06. The Kier molecular flexibility index (Phi) is 6.77. The number of hydrogen-bond acceptors (Lipinski definition) is 2. The van der Waals surface area contributed by atoms with Gasteiger partial charge in [-0.15, -0.1) is 12.4 Å². The summed E-state index contributed by atoms with van der Waals surface area (Å²) in [5, 5.41) is 5.97. The van der Waals surface area contributed by atoms with Gasteiger partial charge in [0.1, 0.15) is 17.2 Å². The van der Waals surface area contributed by atoms with Crippen molar-refractivity contribution in [3.8, 4) is 0 Å². The Labute approximate surface area is 143 Å². The molecule has 1 amide bonds. The highest BCUT2D eigenvalue weighted by Crippen LogP contribution is 2.29. The van der Waals surface area contributed by atoms with E-state index < -0.39 is 23.1 Å². The van der Waals surface area contributed by atoms with Crippen molar-refractivity contribution in [1.29, 1.82) is 0 Å². The summed E-state index contributed by atoms with van der Waals surface area (Å²) in [7, 11) is 0. The quantitative estimate of drug-likeness (QED) is 0.817. The number of rotatable bonds is 3. The number of nitrogens with one attached hydrogen (secondary N) is 2. The van der Waals surface area contributed by atoms with Gasteiger partial charge in [-0.3, -0.25) is 4.79 Å². The first-order valence-corrected chi connectivity index (χ1v) is 7.77. The summed E-state index contributed by atoms with van der Waals surface area (Å²) in [6, 6.07) is 2.26. The molecule has 22 heavy (non-hydrogen) atoms. The summed E-state index contributed by atoms with van der Waals surface area (Å²) in [6.45, 7) is 5.49. The molecule has 7 heteroatoms. The van der Waals surface area contributed by atoms with Gasteiger partial charge in [0.2, 0.25) is 0 Å². The highest BCUT2D eigenvalue weighted by atomic mass is 79.9. The molecule has 1 aromatic carbocycles. The molecular formula is C15H20BrClF2N2O. The Morgan fingerprint density at radius 3 is 2.55 bits per heavy atom. The van der Waals surface area contributed by atoms with Crippen LogP contribution in [0.2, 0.25) is 0 Å². The monoisotopic (exact) mass is 396 g/mol. The minimum Gasteiger partial charge on any atom is -0.350 e. The fourth-order valence-electron chi connectivity index (χ4n) is 2.66. The number of piperidine rings is 1. The van der Waals surface area contributed by atoms with Crippen LogP contribution in [0, 0.1) is 17.0 Å². The summed E-state index contributed by atoms with van der Waals surface area (Å²) in [5.74, 6) is -2.45. The molecule has 1 aliphatic rings. The number of hydrogen-bond donors (Lipinski definition) is 2. The molecule has 0 aromatic heterocycles. The van der Waals surface area contributed by atoms with Crippen LogP contribution in [0.15, 0.2) is 16.6 Å². The minimum atomic E-state index is -0.866. The number of benzene rings is 1. The number of carbonyl (C=O) groups is 1. The van der Waals surface area contributed by atoms with Crippen LogP contribution in [0.1, 0.15) is 37.0 Å². The van der Waals surface area contributed by atoms with E-state index in [2.05, 4.69) is 40.4 Å². The van der Waals surface area contributed by atoms with E-state index in [0.29, 0.717) is 6.54 Å². The van der Waals surface area contributed by atoms with E-state index in [9.17, 15) is 13.6 Å². The first-order valence-electron chi connectivity index (χ1n) is 6.97. The van der Waals surface area contributed by atoms with Gasteiger partial charge < -0.3 is 10.6 Å². The molecule has 1 atom stereocenters. The molecule has 1 saturated heterocycles. The van der Waals surface area contributed by atoms with Gasteiger partial charge in [-0.1, -0.05) is 29.8 Å². The van der Waals surface area contributed by atoms with Crippen LogP contribution in [0.4, 0.5) is 8.78 Å². The van der Waals surface area contributed by atoms with E-state index in [4.69, 9.17) is 0 Å². The molecule has 0 spiro atoms. The third kappa shape index (κ3) is 4.40. The number of halogens is 4. The van der Waals surface area contributed by atoms with Crippen LogP contribution < -0.4 is 10.6 Å². The van der Waals surface area contributed by atoms with Crippen LogP contribution in [-0.2, 0) is 0 Å². The Bertz CT molecular complexity index is 531.